The molecule has 3 heterocycles. The molecule has 0 radical (unpaired) electrons. The number of aromatic amines is 1. The van der Waals surface area contributed by atoms with E-state index in [0.717, 1.165) is 61.4 Å². The summed E-state index contributed by atoms with van der Waals surface area (Å²) < 4.78 is 10.7. The predicted molar refractivity (Wildman–Crippen MR) is 77.6 cm³/mol. The zero-order valence-electron chi connectivity index (χ0n) is 11.6. The van der Waals surface area contributed by atoms with E-state index in [1.165, 1.54) is 0 Å². The predicted octanol–water partition coefficient (Wildman–Crippen LogP) is 1.00. The van der Waals surface area contributed by atoms with Crippen LogP contribution in [0.3, 0.4) is 0 Å². The van der Waals surface area contributed by atoms with E-state index in [9.17, 15) is 0 Å². The van der Waals surface area contributed by atoms with Crippen LogP contribution in [0.4, 0.5) is 5.95 Å². The molecule has 4 rings (SSSR count). The lowest BCUT2D eigenvalue weighted by molar-refractivity contribution is 0.174. The molecule has 2 aliphatic rings. The summed E-state index contributed by atoms with van der Waals surface area (Å²) in [5, 5.41) is 10.7. The zero-order valence-corrected chi connectivity index (χ0v) is 11.6. The van der Waals surface area contributed by atoms with Crippen molar-refractivity contribution in [2.45, 2.75) is 6.42 Å². The molecule has 7 heteroatoms. The highest BCUT2D eigenvalue weighted by Gasteiger charge is 2.17. The summed E-state index contributed by atoms with van der Waals surface area (Å²) in [7, 11) is 0. The summed E-state index contributed by atoms with van der Waals surface area (Å²) in [5.74, 6) is 3.04. The fourth-order valence-corrected chi connectivity index (χ4v) is 2.61. The van der Waals surface area contributed by atoms with Gasteiger partial charge < -0.3 is 19.7 Å². The third-order valence-electron chi connectivity index (χ3n) is 3.74. The molecule has 7 nitrogen and oxygen atoms in total. The van der Waals surface area contributed by atoms with Gasteiger partial charge in [-0.1, -0.05) is 0 Å². The van der Waals surface area contributed by atoms with Crippen LogP contribution >= 0.6 is 0 Å². The van der Waals surface area contributed by atoms with Gasteiger partial charge in [0.25, 0.3) is 0 Å². The fraction of sp³-hybridized carbons (Fsp3) is 0.429. The Morgan fingerprint density at radius 3 is 3.05 bits per heavy atom. The first kappa shape index (κ1) is 12.5. The van der Waals surface area contributed by atoms with Crippen molar-refractivity contribution in [2.24, 2.45) is 0 Å². The van der Waals surface area contributed by atoms with E-state index in [2.05, 4.69) is 25.4 Å². The molecule has 1 saturated heterocycles. The molecule has 2 aromatic rings. The number of H-pyrrole nitrogens is 1. The molecule has 0 amide bonds. The number of hydrogen-bond donors (Lipinski definition) is 2. The molecule has 2 N–H and O–H groups in total. The quantitative estimate of drug-likeness (QED) is 0.858. The number of benzene rings is 1. The lowest BCUT2D eigenvalue weighted by atomic mass is 10.2. The maximum absolute atomic E-state index is 5.40. The average Bonchev–Trinajstić information content (AvgIpc) is 3.10. The molecular weight excluding hydrogens is 270 g/mol. The molecule has 0 atom stereocenters. The van der Waals surface area contributed by atoms with Crippen molar-refractivity contribution < 1.29 is 9.47 Å². The zero-order chi connectivity index (χ0) is 14.1. The largest absolute Gasteiger partial charge is 0.454 e. The number of rotatable bonds is 2. The summed E-state index contributed by atoms with van der Waals surface area (Å²) in [5.41, 5.74) is 0.950. The Morgan fingerprint density at radius 2 is 2.05 bits per heavy atom. The van der Waals surface area contributed by atoms with Crippen LogP contribution in [0.2, 0.25) is 0 Å². The number of anilines is 1. The van der Waals surface area contributed by atoms with Gasteiger partial charge in [0, 0.05) is 25.2 Å². The monoisotopic (exact) mass is 287 g/mol. The molecule has 1 fully saturated rings. The molecule has 1 aromatic heterocycles. The van der Waals surface area contributed by atoms with E-state index in [1.54, 1.807) is 0 Å². The highest BCUT2D eigenvalue weighted by atomic mass is 16.7. The van der Waals surface area contributed by atoms with Crippen molar-refractivity contribution in [1.29, 1.82) is 0 Å². The summed E-state index contributed by atoms with van der Waals surface area (Å²) in [6, 6.07) is 5.79. The molecule has 0 bridgehead atoms. The second-order valence-corrected chi connectivity index (χ2v) is 5.14. The van der Waals surface area contributed by atoms with Gasteiger partial charge in [-0.15, -0.1) is 5.10 Å². The van der Waals surface area contributed by atoms with Crippen LogP contribution in [0.1, 0.15) is 6.42 Å². The topological polar surface area (TPSA) is 75.3 Å². The van der Waals surface area contributed by atoms with Gasteiger partial charge in [-0.2, -0.15) is 4.98 Å². The Balaban J connectivity index is 1.59. The van der Waals surface area contributed by atoms with E-state index in [0.29, 0.717) is 0 Å². The highest BCUT2D eigenvalue weighted by Crippen LogP contribution is 2.35. The van der Waals surface area contributed by atoms with Crippen LogP contribution in [-0.4, -0.2) is 48.2 Å². The number of ether oxygens (including phenoxy) is 2. The van der Waals surface area contributed by atoms with Gasteiger partial charge in [0.2, 0.25) is 12.7 Å². The van der Waals surface area contributed by atoms with Crippen molar-refractivity contribution in [3.8, 4) is 22.9 Å². The Labute approximate surface area is 122 Å². The number of nitrogens with zero attached hydrogens (tertiary/aromatic N) is 3. The SMILES string of the molecule is c1cc2c(cc1-c1nc(N3CCCNCC3)n[nH]1)OCO2. The van der Waals surface area contributed by atoms with Crippen LogP contribution in [0.15, 0.2) is 18.2 Å². The first-order valence-electron chi connectivity index (χ1n) is 7.18. The minimum atomic E-state index is 0.279. The Morgan fingerprint density at radius 1 is 1.10 bits per heavy atom. The van der Waals surface area contributed by atoms with Gasteiger partial charge in [0.1, 0.15) is 0 Å². The number of fused-ring (bicyclic) bond motifs is 1. The lowest BCUT2D eigenvalue weighted by Crippen LogP contribution is -2.28. The standard InChI is InChI=1S/C14H17N5O2/c1-4-15-5-7-19(6-1)14-16-13(17-18-14)10-2-3-11-12(8-10)21-9-20-11/h2-3,8,15H,1,4-7,9H2,(H,16,17,18). The highest BCUT2D eigenvalue weighted by molar-refractivity contribution is 5.62. The lowest BCUT2D eigenvalue weighted by Gasteiger charge is -2.16. The average molecular weight is 287 g/mol. The number of aromatic nitrogens is 3. The second kappa shape index (κ2) is 5.25. The molecular formula is C14H17N5O2. The summed E-state index contributed by atoms with van der Waals surface area (Å²) >= 11 is 0. The first-order chi connectivity index (χ1) is 10.4. The molecule has 1 aromatic carbocycles. The Bertz CT molecular complexity index is 634. The van der Waals surface area contributed by atoms with Crippen molar-refractivity contribution in [1.82, 2.24) is 20.5 Å². The summed E-state index contributed by atoms with van der Waals surface area (Å²) in [4.78, 5) is 6.81. The van der Waals surface area contributed by atoms with Crippen LogP contribution in [0, 0.1) is 0 Å². The van der Waals surface area contributed by atoms with E-state index in [-0.39, 0.29) is 6.79 Å². The molecule has 0 spiro atoms. The van der Waals surface area contributed by atoms with Gasteiger partial charge in [-0.05, 0) is 31.2 Å². The van der Waals surface area contributed by atoms with Crippen molar-refractivity contribution in [3.05, 3.63) is 18.2 Å². The van der Waals surface area contributed by atoms with E-state index >= 15 is 0 Å². The van der Waals surface area contributed by atoms with Crippen LogP contribution < -0.4 is 19.7 Å². The molecule has 0 unspecified atom stereocenters. The summed E-state index contributed by atoms with van der Waals surface area (Å²) in [6.45, 7) is 4.20. The molecule has 0 saturated carbocycles. The normalized spacial score (nSPS) is 17.8. The molecule has 110 valence electrons. The van der Waals surface area contributed by atoms with E-state index < -0.39 is 0 Å². The molecule has 21 heavy (non-hydrogen) atoms. The van der Waals surface area contributed by atoms with Gasteiger partial charge in [-0.25, -0.2) is 0 Å². The van der Waals surface area contributed by atoms with Gasteiger partial charge in [0.15, 0.2) is 17.3 Å². The third kappa shape index (κ3) is 2.40. The van der Waals surface area contributed by atoms with Crippen LogP contribution in [-0.2, 0) is 0 Å². The Kier molecular flexibility index (Phi) is 3.11. The van der Waals surface area contributed by atoms with Crippen molar-refractivity contribution >= 4 is 5.95 Å². The van der Waals surface area contributed by atoms with Crippen molar-refractivity contribution in [3.63, 3.8) is 0 Å². The smallest absolute Gasteiger partial charge is 0.245 e. The van der Waals surface area contributed by atoms with E-state index in [4.69, 9.17) is 9.47 Å². The van der Waals surface area contributed by atoms with Gasteiger partial charge in [-0.3, -0.25) is 5.10 Å². The minimum Gasteiger partial charge on any atom is -0.454 e. The van der Waals surface area contributed by atoms with Gasteiger partial charge >= 0.3 is 0 Å². The van der Waals surface area contributed by atoms with Gasteiger partial charge in [0.05, 0.1) is 0 Å². The maximum Gasteiger partial charge on any atom is 0.245 e. The van der Waals surface area contributed by atoms with Crippen LogP contribution in [0.5, 0.6) is 11.5 Å². The second-order valence-electron chi connectivity index (χ2n) is 5.14. The molecule has 0 aliphatic carbocycles. The van der Waals surface area contributed by atoms with Crippen molar-refractivity contribution in [2.75, 3.05) is 37.9 Å². The van der Waals surface area contributed by atoms with E-state index in [1.807, 2.05) is 18.2 Å². The maximum atomic E-state index is 5.40. The molecule has 2 aliphatic heterocycles. The summed E-state index contributed by atoms with van der Waals surface area (Å²) in [6.07, 6.45) is 1.11. The number of nitrogens with one attached hydrogen (secondary N) is 2. The van der Waals surface area contributed by atoms with Crippen LogP contribution in [0.25, 0.3) is 11.4 Å². The minimum absolute atomic E-state index is 0.279. The Hall–Kier alpha value is -2.28. The first-order valence-corrected chi connectivity index (χ1v) is 7.18. The third-order valence-corrected chi connectivity index (χ3v) is 3.74. The number of hydrogen-bond acceptors (Lipinski definition) is 6. The fourth-order valence-electron chi connectivity index (χ4n) is 2.61.